The first-order valence-corrected chi connectivity index (χ1v) is 4.94. The quantitative estimate of drug-likeness (QED) is 0.799. The number of nitrogen functional groups attached to an aromatic ring is 1. The number of nitrogens with two attached hydrogens (primary N) is 1. The van der Waals surface area contributed by atoms with Gasteiger partial charge in [0.05, 0.1) is 0 Å². The Balaban J connectivity index is 2.27. The van der Waals surface area contributed by atoms with Gasteiger partial charge in [-0.15, -0.1) is 0 Å². The normalized spacial score (nSPS) is 10.1. The summed E-state index contributed by atoms with van der Waals surface area (Å²) >= 11 is 0. The van der Waals surface area contributed by atoms with Crippen LogP contribution in [0.5, 0.6) is 0 Å². The van der Waals surface area contributed by atoms with Crippen molar-refractivity contribution in [2.75, 3.05) is 11.1 Å². The molecule has 0 unspecified atom stereocenters. The number of benzene rings is 1. The van der Waals surface area contributed by atoms with E-state index in [1.54, 1.807) is 0 Å². The molecule has 1 heterocycles. The Labute approximate surface area is 93.8 Å². The van der Waals surface area contributed by atoms with Gasteiger partial charge in [-0.3, -0.25) is 0 Å². The maximum absolute atomic E-state index is 5.47. The van der Waals surface area contributed by atoms with Crippen LogP contribution in [0.1, 0.15) is 11.1 Å². The highest BCUT2D eigenvalue weighted by Gasteiger charge is 2.01. The first kappa shape index (κ1) is 10.4. The molecule has 0 aliphatic carbocycles. The summed E-state index contributed by atoms with van der Waals surface area (Å²) in [5, 5.41) is 3.10. The largest absolute Gasteiger partial charge is 0.368 e. The Kier molecular flexibility index (Phi) is 2.68. The predicted molar refractivity (Wildman–Crippen MR) is 63.4 cm³/mol. The van der Waals surface area contributed by atoms with Crippen molar-refractivity contribution in [2.24, 2.45) is 0 Å². The summed E-state index contributed by atoms with van der Waals surface area (Å²) in [6, 6.07) is 6.11. The minimum atomic E-state index is 0.210. The lowest BCUT2D eigenvalue weighted by molar-refractivity contribution is 1.07. The summed E-state index contributed by atoms with van der Waals surface area (Å²) in [4.78, 5) is 11.7. The fraction of sp³-hybridized carbons (Fsp3) is 0.182. The number of hydrogen-bond acceptors (Lipinski definition) is 5. The number of aryl methyl sites for hydroxylation is 2. The van der Waals surface area contributed by atoms with Gasteiger partial charge in [-0.1, -0.05) is 17.7 Å². The number of nitrogens with zero attached hydrogens (tertiary/aromatic N) is 3. The van der Waals surface area contributed by atoms with E-state index >= 15 is 0 Å². The van der Waals surface area contributed by atoms with Crippen LogP contribution in [-0.2, 0) is 0 Å². The molecule has 82 valence electrons. The van der Waals surface area contributed by atoms with Gasteiger partial charge < -0.3 is 11.1 Å². The topological polar surface area (TPSA) is 76.7 Å². The van der Waals surface area contributed by atoms with Crippen LogP contribution >= 0.6 is 0 Å². The average molecular weight is 215 g/mol. The number of anilines is 3. The van der Waals surface area contributed by atoms with Gasteiger partial charge in [0.25, 0.3) is 0 Å². The Morgan fingerprint density at radius 1 is 1.19 bits per heavy atom. The molecule has 0 spiro atoms. The van der Waals surface area contributed by atoms with Crippen LogP contribution in [0.25, 0.3) is 0 Å². The molecule has 1 aromatic heterocycles. The Morgan fingerprint density at radius 2 is 2.00 bits per heavy atom. The molecule has 0 saturated carbocycles. The lowest BCUT2D eigenvalue weighted by atomic mass is 10.1. The standard InChI is InChI=1S/C11H13N5/c1-7-3-4-9(8(2)5-7)15-11-14-6-13-10(12)16-11/h3-6H,1-2H3,(H3,12,13,14,15,16). The molecule has 5 nitrogen and oxygen atoms in total. The van der Waals surface area contributed by atoms with Crippen molar-refractivity contribution in [2.45, 2.75) is 13.8 Å². The molecule has 2 aromatic rings. The summed E-state index contributed by atoms with van der Waals surface area (Å²) in [6.07, 6.45) is 1.38. The van der Waals surface area contributed by atoms with Gasteiger partial charge in [-0.25, -0.2) is 9.97 Å². The Hall–Kier alpha value is -2.17. The van der Waals surface area contributed by atoms with Gasteiger partial charge in [-0.05, 0) is 25.5 Å². The van der Waals surface area contributed by atoms with E-state index in [1.807, 2.05) is 19.1 Å². The van der Waals surface area contributed by atoms with Gasteiger partial charge in [0.15, 0.2) is 0 Å². The van der Waals surface area contributed by atoms with Gasteiger partial charge >= 0.3 is 0 Å². The van der Waals surface area contributed by atoms with E-state index in [4.69, 9.17) is 5.73 Å². The fourth-order valence-electron chi connectivity index (χ4n) is 1.44. The smallest absolute Gasteiger partial charge is 0.231 e. The lowest BCUT2D eigenvalue weighted by Crippen LogP contribution is -2.02. The molecule has 2 rings (SSSR count). The van der Waals surface area contributed by atoms with Gasteiger partial charge in [-0.2, -0.15) is 4.98 Å². The van der Waals surface area contributed by atoms with Crippen LogP contribution in [-0.4, -0.2) is 15.0 Å². The molecule has 0 aliphatic rings. The molecule has 0 bridgehead atoms. The highest BCUT2D eigenvalue weighted by molar-refractivity contribution is 5.59. The first-order valence-electron chi connectivity index (χ1n) is 4.94. The molecule has 1 aromatic carbocycles. The summed E-state index contributed by atoms with van der Waals surface area (Å²) in [5.41, 5.74) is 8.80. The van der Waals surface area contributed by atoms with Crippen molar-refractivity contribution < 1.29 is 0 Å². The minimum absolute atomic E-state index is 0.210. The summed E-state index contributed by atoms with van der Waals surface area (Å²) in [7, 11) is 0. The molecule has 0 fully saturated rings. The third-order valence-electron chi connectivity index (χ3n) is 2.22. The zero-order valence-electron chi connectivity index (χ0n) is 9.23. The van der Waals surface area contributed by atoms with Crippen LogP contribution in [0.3, 0.4) is 0 Å². The fourth-order valence-corrected chi connectivity index (χ4v) is 1.44. The van der Waals surface area contributed by atoms with E-state index in [-0.39, 0.29) is 5.95 Å². The molecule has 3 N–H and O–H groups in total. The Bertz CT molecular complexity index is 509. The van der Waals surface area contributed by atoms with Crippen LogP contribution in [0.2, 0.25) is 0 Å². The molecule has 0 amide bonds. The molecule has 0 aliphatic heterocycles. The van der Waals surface area contributed by atoms with Gasteiger partial charge in [0, 0.05) is 5.69 Å². The summed E-state index contributed by atoms with van der Waals surface area (Å²) in [6.45, 7) is 4.08. The molecule has 0 atom stereocenters. The van der Waals surface area contributed by atoms with E-state index in [2.05, 4.69) is 33.3 Å². The molecular formula is C11H13N5. The second-order valence-electron chi connectivity index (χ2n) is 3.61. The number of nitrogens with one attached hydrogen (secondary N) is 1. The number of rotatable bonds is 2. The van der Waals surface area contributed by atoms with Crippen LogP contribution in [0.4, 0.5) is 17.6 Å². The van der Waals surface area contributed by atoms with Crippen molar-refractivity contribution in [3.63, 3.8) is 0 Å². The zero-order chi connectivity index (χ0) is 11.5. The third kappa shape index (κ3) is 2.25. The van der Waals surface area contributed by atoms with Crippen molar-refractivity contribution >= 4 is 17.6 Å². The second-order valence-corrected chi connectivity index (χ2v) is 3.61. The Morgan fingerprint density at radius 3 is 2.69 bits per heavy atom. The monoisotopic (exact) mass is 215 g/mol. The van der Waals surface area contributed by atoms with Crippen LogP contribution in [0, 0.1) is 13.8 Å². The molecule has 16 heavy (non-hydrogen) atoms. The minimum Gasteiger partial charge on any atom is -0.368 e. The SMILES string of the molecule is Cc1ccc(Nc2ncnc(N)n2)c(C)c1. The van der Waals surface area contributed by atoms with Crippen molar-refractivity contribution in [3.8, 4) is 0 Å². The second kappa shape index (κ2) is 4.14. The average Bonchev–Trinajstić information content (AvgIpc) is 2.22. The van der Waals surface area contributed by atoms with E-state index < -0.39 is 0 Å². The van der Waals surface area contributed by atoms with Crippen molar-refractivity contribution in [1.82, 2.24) is 15.0 Å². The zero-order valence-corrected chi connectivity index (χ0v) is 9.23. The molecule has 0 radical (unpaired) electrons. The van der Waals surface area contributed by atoms with E-state index in [0.717, 1.165) is 11.3 Å². The van der Waals surface area contributed by atoms with Crippen molar-refractivity contribution in [3.05, 3.63) is 35.7 Å². The maximum atomic E-state index is 5.47. The van der Waals surface area contributed by atoms with Crippen molar-refractivity contribution in [1.29, 1.82) is 0 Å². The van der Waals surface area contributed by atoms with Gasteiger partial charge in [0.1, 0.15) is 6.33 Å². The predicted octanol–water partition coefficient (Wildman–Crippen LogP) is 1.81. The molecule has 0 saturated heterocycles. The van der Waals surface area contributed by atoms with Crippen LogP contribution < -0.4 is 11.1 Å². The number of hydrogen-bond donors (Lipinski definition) is 2. The maximum Gasteiger partial charge on any atom is 0.231 e. The highest BCUT2D eigenvalue weighted by Crippen LogP contribution is 2.18. The lowest BCUT2D eigenvalue weighted by Gasteiger charge is -2.08. The van der Waals surface area contributed by atoms with E-state index in [0.29, 0.717) is 5.95 Å². The van der Waals surface area contributed by atoms with Gasteiger partial charge in [0.2, 0.25) is 11.9 Å². The third-order valence-corrected chi connectivity index (χ3v) is 2.22. The summed E-state index contributed by atoms with van der Waals surface area (Å²) in [5.74, 6) is 0.668. The highest BCUT2D eigenvalue weighted by atomic mass is 15.2. The summed E-state index contributed by atoms with van der Waals surface area (Å²) < 4.78 is 0. The molecule has 5 heteroatoms. The number of aromatic nitrogens is 3. The van der Waals surface area contributed by atoms with Crippen LogP contribution in [0.15, 0.2) is 24.5 Å². The first-order chi connectivity index (χ1) is 7.65. The van der Waals surface area contributed by atoms with E-state index in [1.165, 1.54) is 11.9 Å². The van der Waals surface area contributed by atoms with E-state index in [9.17, 15) is 0 Å². The molecular weight excluding hydrogens is 202 g/mol.